The summed E-state index contributed by atoms with van der Waals surface area (Å²) in [5.74, 6) is 0. The highest BCUT2D eigenvalue weighted by Gasteiger charge is 2.24. The molecule has 20 heavy (non-hydrogen) atoms. The van der Waals surface area contributed by atoms with Gasteiger partial charge in [0.15, 0.2) is 5.17 Å². The van der Waals surface area contributed by atoms with Crippen molar-refractivity contribution in [3.63, 3.8) is 0 Å². The third-order valence-electron chi connectivity index (χ3n) is 3.48. The van der Waals surface area contributed by atoms with Crippen molar-refractivity contribution in [1.29, 1.82) is 0 Å². The first-order valence-corrected chi connectivity index (χ1v) is 8.86. The van der Waals surface area contributed by atoms with E-state index in [0.717, 1.165) is 23.6 Å². The standard InChI is InChI=1S/C16H17BrN2S/c1-2-19(16-18-11-13(10-17)20-16)15-9-5-7-12-6-3-4-8-14(12)15/h3-9,13H,2,10-11H2,1H3. The molecule has 0 aromatic heterocycles. The van der Waals surface area contributed by atoms with Gasteiger partial charge in [-0.25, -0.2) is 0 Å². The Morgan fingerprint density at radius 3 is 2.80 bits per heavy atom. The van der Waals surface area contributed by atoms with Gasteiger partial charge in [0, 0.05) is 22.5 Å². The Hall–Kier alpha value is -1.00. The minimum Gasteiger partial charge on any atom is -0.321 e. The monoisotopic (exact) mass is 348 g/mol. The number of amidine groups is 1. The van der Waals surface area contributed by atoms with Crippen molar-refractivity contribution in [2.24, 2.45) is 4.99 Å². The molecule has 104 valence electrons. The molecule has 1 heterocycles. The molecule has 2 aromatic carbocycles. The van der Waals surface area contributed by atoms with Crippen LogP contribution in [0.25, 0.3) is 10.8 Å². The van der Waals surface area contributed by atoms with Gasteiger partial charge >= 0.3 is 0 Å². The van der Waals surface area contributed by atoms with Crippen LogP contribution in [0.2, 0.25) is 0 Å². The molecule has 4 heteroatoms. The maximum Gasteiger partial charge on any atom is 0.164 e. The lowest BCUT2D eigenvalue weighted by Gasteiger charge is -2.24. The third kappa shape index (κ3) is 2.59. The number of aliphatic imine (C=N–C) groups is 1. The maximum atomic E-state index is 4.72. The van der Waals surface area contributed by atoms with Gasteiger partial charge in [-0.15, -0.1) is 0 Å². The Kier molecular flexibility index (Phi) is 4.32. The van der Waals surface area contributed by atoms with Crippen LogP contribution in [0.15, 0.2) is 47.5 Å². The summed E-state index contributed by atoms with van der Waals surface area (Å²) in [5, 5.41) is 5.28. The van der Waals surface area contributed by atoms with E-state index in [0.29, 0.717) is 5.25 Å². The predicted octanol–water partition coefficient (Wildman–Crippen LogP) is 4.53. The largest absolute Gasteiger partial charge is 0.321 e. The highest BCUT2D eigenvalue weighted by Crippen LogP contribution is 2.32. The van der Waals surface area contributed by atoms with Gasteiger partial charge in [0.25, 0.3) is 0 Å². The quantitative estimate of drug-likeness (QED) is 0.757. The number of halogens is 1. The zero-order chi connectivity index (χ0) is 13.9. The van der Waals surface area contributed by atoms with Crippen LogP contribution in [0.1, 0.15) is 6.92 Å². The first-order chi connectivity index (χ1) is 9.83. The average molecular weight is 349 g/mol. The Morgan fingerprint density at radius 2 is 2.05 bits per heavy atom. The topological polar surface area (TPSA) is 15.6 Å². The number of nitrogens with zero attached hydrogens (tertiary/aromatic N) is 2. The maximum absolute atomic E-state index is 4.72. The second-order valence-electron chi connectivity index (χ2n) is 4.76. The van der Waals surface area contributed by atoms with Crippen LogP contribution in [-0.2, 0) is 0 Å². The number of benzene rings is 2. The van der Waals surface area contributed by atoms with E-state index in [1.54, 1.807) is 0 Å². The van der Waals surface area contributed by atoms with Gasteiger partial charge in [0.05, 0.1) is 12.2 Å². The SMILES string of the molecule is CCN(C1=NCC(CBr)S1)c1cccc2ccccc12. The van der Waals surface area contributed by atoms with E-state index in [4.69, 9.17) is 4.99 Å². The Bertz CT molecular complexity index is 636. The second kappa shape index (κ2) is 6.19. The normalized spacial score (nSPS) is 18.3. The van der Waals surface area contributed by atoms with Crippen LogP contribution < -0.4 is 4.90 Å². The van der Waals surface area contributed by atoms with Gasteiger partial charge in [-0.3, -0.25) is 4.99 Å². The molecule has 1 aliphatic heterocycles. The molecular formula is C16H17BrN2S. The molecule has 1 atom stereocenters. The molecule has 0 radical (unpaired) electrons. The summed E-state index contributed by atoms with van der Waals surface area (Å²) in [6, 6.07) is 15.0. The summed E-state index contributed by atoms with van der Waals surface area (Å²) in [4.78, 5) is 7.05. The molecule has 3 rings (SSSR count). The number of fused-ring (bicyclic) bond motifs is 1. The van der Waals surface area contributed by atoms with E-state index in [1.165, 1.54) is 16.5 Å². The molecular weight excluding hydrogens is 332 g/mol. The number of hydrogen-bond donors (Lipinski definition) is 0. The summed E-state index contributed by atoms with van der Waals surface area (Å²) in [5.41, 5.74) is 1.26. The number of hydrogen-bond acceptors (Lipinski definition) is 3. The molecule has 0 bridgehead atoms. The van der Waals surface area contributed by atoms with Gasteiger partial charge in [0.1, 0.15) is 0 Å². The smallest absolute Gasteiger partial charge is 0.164 e. The van der Waals surface area contributed by atoms with Crippen molar-refractivity contribution in [3.05, 3.63) is 42.5 Å². The second-order valence-corrected chi connectivity index (χ2v) is 6.67. The molecule has 0 N–H and O–H groups in total. The van der Waals surface area contributed by atoms with Gasteiger partial charge in [-0.2, -0.15) is 0 Å². The lowest BCUT2D eigenvalue weighted by atomic mass is 10.1. The van der Waals surface area contributed by atoms with E-state index >= 15 is 0 Å². The van der Waals surface area contributed by atoms with E-state index in [9.17, 15) is 0 Å². The number of rotatable bonds is 3. The fourth-order valence-corrected chi connectivity index (χ4v) is 4.10. The fourth-order valence-electron chi connectivity index (χ4n) is 2.49. The Balaban J connectivity index is 2.00. The average Bonchev–Trinajstić information content (AvgIpc) is 2.97. The highest BCUT2D eigenvalue weighted by atomic mass is 79.9. The Labute approximate surface area is 132 Å². The molecule has 1 aliphatic rings. The number of thioether (sulfide) groups is 1. The number of anilines is 1. The first-order valence-electron chi connectivity index (χ1n) is 6.86. The van der Waals surface area contributed by atoms with E-state index in [-0.39, 0.29) is 0 Å². The van der Waals surface area contributed by atoms with Crippen molar-refractivity contribution in [2.75, 3.05) is 23.3 Å². The van der Waals surface area contributed by atoms with Crippen molar-refractivity contribution in [2.45, 2.75) is 12.2 Å². The van der Waals surface area contributed by atoms with Crippen LogP contribution in [0.5, 0.6) is 0 Å². The fraction of sp³-hybridized carbons (Fsp3) is 0.312. The molecule has 2 nitrogen and oxygen atoms in total. The number of alkyl halides is 1. The molecule has 0 fully saturated rings. The zero-order valence-electron chi connectivity index (χ0n) is 11.4. The third-order valence-corrected chi connectivity index (χ3v) is 5.90. The minimum atomic E-state index is 0.564. The van der Waals surface area contributed by atoms with Gasteiger partial charge in [-0.05, 0) is 18.4 Å². The summed E-state index contributed by atoms with van der Waals surface area (Å²) in [6.07, 6.45) is 0. The first kappa shape index (κ1) is 14.0. The molecule has 0 aliphatic carbocycles. The molecule has 0 spiro atoms. The lowest BCUT2D eigenvalue weighted by Crippen LogP contribution is -2.27. The van der Waals surface area contributed by atoms with E-state index in [2.05, 4.69) is 70.2 Å². The highest BCUT2D eigenvalue weighted by molar-refractivity contribution is 9.09. The van der Waals surface area contributed by atoms with Gasteiger partial charge in [0.2, 0.25) is 0 Å². The Morgan fingerprint density at radius 1 is 1.25 bits per heavy atom. The van der Waals surface area contributed by atoms with Gasteiger partial charge < -0.3 is 4.90 Å². The summed E-state index contributed by atoms with van der Waals surface area (Å²) in [6.45, 7) is 4.04. The van der Waals surface area contributed by atoms with Crippen molar-refractivity contribution >= 4 is 49.3 Å². The predicted molar refractivity (Wildman–Crippen MR) is 94.4 cm³/mol. The van der Waals surface area contributed by atoms with Crippen LogP contribution in [0.3, 0.4) is 0 Å². The summed E-state index contributed by atoms with van der Waals surface area (Å²) >= 11 is 5.43. The zero-order valence-corrected chi connectivity index (χ0v) is 13.8. The summed E-state index contributed by atoms with van der Waals surface area (Å²) in [7, 11) is 0. The molecule has 0 saturated carbocycles. The lowest BCUT2D eigenvalue weighted by molar-refractivity contribution is 0.983. The van der Waals surface area contributed by atoms with Crippen LogP contribution in [-0.4, -0.2) is 28.8 Å². The molecule has 1 unspecified atom stereocenters. The van der Waals surface area contributed by atoms with Crippen LogP contribution >= 0.6 is 27.7 Å². The van der Waals surface area contributed by atoms with Gasteiger partial charge in [-0.1, -0.05) is 64.1 Å². The molecule has 0 saturated heterocycles. The van der Waals surface area contributed by atoms with Crippen molar-refractivity contribution in [3.8, 4) is 0 Å². The van der Waals surface area contributed by atoms with E-state index < -0.39 is 0 Å². The minimum absolute atomic E-state index is 0.564. The van der Waals surface area contributed by atoms with Crippen molar-refractivity contribution < 1.29 is 0 Å². The van der Waals surface area contributed by atoms with Crippen LogP contribution in [0, 0.1) is 0 Å². The summed E-state index contributed by atoms with van der Waals surface area (Å²) < 4.78 is 0. The molecule has 2 aromatic rings. The molecule has 0 amide bonds. The van der Waals surface area contributed by atoms with Crippen molar-refractivity contribution in [1.82, 2.24) is 0 Å². The van der Waals surface area contributed by atoms with Crippen LogP contribution in [0.4, 0.5) is 5.69 Å². The van der Waals surface area contributed by atoms with E-state index in [1.807, 2.05) is 11.8 Å².